The zero-order chi connectivity index (χ0) is 28.4. The van der Waals surface area contributed by atoms with E-state index in [4.69, 9.17) is 27.9 Å². The number of hydrazone groups is 1. The molecule has 0 radical (unpaired) electrons. The van der Waals surface area contributed by atoms with Gasteiger partial charge >= 0.3 is 5.97 Å². The standard InChI is InChI=1S/C29H16Br2Cl2FN3O3/c30-17-11-16(27(22(31)12-17)40-29(39)15-5-7-18(32)8-6-15)14-35-37-28(38)26-25(20-3-1-2-4-23(20)33)21-13-19(34)9-10-24(21)36-26/h1-14,36H,(H,37,38). The molecule has 1 heterocycles. The molecule has 5 rings (SSSR count). The molecule has 5 aromatic rings. The van der Waals surface area contributed by atoms with E-state index in [-0.39, 0.29) is 11.4 Å². The molecule has 2 N–H and O–H groups in total. The molecule has 40 heavy (non-hydrogen) atoms. The number of nitrogens with zero attached hydrogens (tertiary/aromatic N) is 1. The van der Waals surface area contributed by atoms with Gasteiger partial charge in [0, 0.05) is 42.1 Å². The van der Waals surface area contributed by atoms with Crippen LogP contribution in [-0.2, 0) is 0 Å². The van der Waals surface area contributed by atoms with Crippen LogP contribution in [0.5, 0.6) is 5.75 Å². The molecule has 0 fully saturated rings. The van der Waals surface area contributed by atoms with Gasteiger partial charge in [0.2, 0.25) is 0 Å². The molecule has 11 heteroatoms. The van der Waals surface area contributed by atoms with Gasteiger partial charge in [-0.1, -0.05) is 57.3 Å². The number of H-pyrrole nitrogens is 1. The van der Waals surface area contributed by atoms with Crippen LogP contribution in [0.1, 0.15) is 26.4 Å². The third kappa shape index (κ3) is 5.97. The first-order valence-electron chi connectivity index (χ1n) is 11.6. The molecule has 0 unspecified atom stereocenters. The molecule has 0 bridgehead atoms. The summed E-state index contributed by atoms with van der Waals surface area (Å²) in [6, 6.07) is 20.8. The first-order chi connectivity index (χ1) is 19.2. The van der Waals surface area contributed by atoms with E-state index in [0.717, 1.165) is 0 Å². The predicted octanol–water partition coefficient (Wildman–Crippen LogP) is 8.79. The number of hydrogen-bond acceptors (Lipinski definition) is 4. The fourth-order valence-corrected chi connectivity index (χ4v) is 5.71. The number of nitrogens with one attached hydrogen (secondary N) is 2. The minimum atomic E-state index is -0.604. The molecular weight excluding hydrogens is 688 g/mol. The molecule has 6 nitrogen and oxygen atoms in total. The molecule has 1 amide bonds. The summed E-state index contributed by atoms with van der Waals surface area (Å²) in [5.41, 5.74) is 4.89. The van der Waals surface area contributed by atoms with Crippen LogP contribution in [0.3, 0.4) is 0 Å². The number of fused-ring (bicyclic) bond motifs is 1. The summed E-state index contributed by atoms with van der Waals surface area (Å²) in [4.78, 5) is 29.1. The van der Waals surface area contributed by atoms with Crippen molar-refractivity contribution >= 4 is 84.1 Å². The molecule has 200 valence electrons. The molecule has 0 aliphatic rings. The van der Waals surface area contributed by atoms with Crippen molar-refractivity contribution in [2.24, 2.45) is 5.10 Å². The van der Waals surface area contributed by atoms with Gasteiger partial charge in [-0.2, -0.15) is 5.10 Å². The highest BCUT2D eigenvalue weighted by Crippen LogP contribution is 2.37. The molecule has 0 spiro atoms. The normalized spacial score (nSPS) is 11.2. The van der Waals surface area contributed by atoms with E-state index in [1.54, 1.807) is 66.7 Å². The van der Waals surface area contributed by atoms with Gasteiger partial charge in [-0.15, -0.1) is 0 Å². The Balaban J connectivity index is 1.45. The average molecular weight is 704 g/mol. The minimum absolute atomic E-state index is 0.149. The fraction of sp³-hybridized carbons (Fsp3) is 0. The van der Waals surface area contributed by atoms with E-state index in [1.165, 1.54) is 18.3 Å². The number of carbonyl (C=O) groups excluding carboxylic acids is 2. The summed E-state index contributed by atoms with van der Waals surface area (Å²) >= 11 is 19.2. The van der Waals surface area contributed by atoms with Crippen molar-refractivity contribution in [2.75, 3.05) is 0 Å². The van der Waals surface area contributed by atoms with E-state index in [0.29, 0.717) is 52.1 Å². The molecular formula is C29H16Br2Cl2FN3O3. The van der Waals surface area contributed by atoms with E-state index in [2.05, 4.69) is 47.4 Å². The monoisotopic (exact) mass is 701 g/mol. The van der Waals surface area contributed by atoms with Gasteiger partial charge < -0.3 is 9.72 Å². The van der Waals surface area contributed by atoms with Gasteiger partial charge in [0.25, 0.3) is 5.91 Å². The Labute approximate surface area is 254 Å². The number of aromatic amines is 1. The van der Waals surface area contributed by atoms with Gasteiger partial charge in [-0.3, -0.25) is 4.79 Å². The number of aromatic nitrogens is 1. The number of esters is 1. The highest BCUT2D eigenvalue weighted by molar-refractivity contribution is 9.11. The first-order valence-corrected chi connectivity index (χ1v) is 13.9. The highest BCUT2D eigenvalue weighted by atomic mass is 79.9. The number of hydrogen-bond donors (Lipinski definition) is 2. The molecule has 0 aliphatic heterocycles. The SMILES string of the molecule is O=C(Oc1c(Br)cc(Br)cc1C=NNC(=O)c1[nH]c2ccc(F)cc2c1-c1ccccc1Cl)c1ccc(Cl)cc1. The Bertz CT molecular complexity index is 1810. The second kappa shape index (κ2) is 11.9. The van der Waals surface area contributed by atoms with Gasteiger partial charge in [-0.25, -0.2) is 14.6 Å². The number of ether oxygens (including phenoxy) is 1. The van der Waals surface area contributed by atoms with Gasteiger partial charge in [0.05, 0.1) is 16.3 Å². The van der Waals surface area contributed by atoms with Gasteiger partial charge in [0.1, 0.15) is 11.5 Å². The summed E-state index contributed by atoms with van der Waals surface area (Å²) < 4.78 is 20.9. The Morgan fingerprint density at radius 1 is 0.975 bits per heavy atom. The van der Waals surface area contributed by atoms with Crippen LogP contribution in [0.2, 0.25) is 10.0 Å². The van der Waals surface area contributed by atoms with Crippen molar-refractivity contribution in [1.29, 1.82) is 0 Å². The number of amides is 1. The third-order valence-electron chi connectivity index (χ3n) is 5.81. The van der Waals surface area contributed by atoms with E-state index in [9.17, 15) is 14.0 Å². The lowest BCUT2D eigenvalue weighted by Gasteiger charge is -2.11. The van der Waals surface area contributed by atoms with Crippen LogP contribution in [0.25, 0.3) is 22.0 Å². The maximum absolute atomic E-state index is 14.1. The quantitative estimate of drug-likeness (QED) is 0.0803. The van der Waals surface area contributed by atoms with Crippen molar-refractivity contribution in [1.82, 2.24) is 10.4 Å². The van der Waals surface area contributed by atoms with Crippen LogP contribution >= 0.6 is 55.1 Å². The average Bonchev–Trinajstić information content (AvgIpc) is 3.29. The maximum Gasteiger partial charge on any atom is 0.343 e. The smallest absolute Gasteiger partial charge is 0.343 e. The van der Waals surface area contributed by atoms with Crippen molar-refractivity contribution in [3.05, 3.63) is 120 Å². The molecule has 0 saturated heterocycles. The Kier molecular flexibility index (Phi) is 8.37. The lowest BCUT2D eigenvalue weighted by atomic mass is 10.0. The predicted molar refractivity (Wildman–Crippen MR) is 162 cm³/mol. The number of halogens is 5. The second-order valence-electron chi connectivity index (χ2n) is 8.45. The van der Waals surface area contributed by atoms with Crippen molar-refractivity contribution in [3.8, 4) is 16.9 Å². The number of rotatable bonds is 6. The Morgan fingerprint density at radius 3 is 2.48 bits per heavy atom. The summed E-state index contributed by atoms with van der Waals surface area (Å²) in [6.07, 6.45) is 1.34. The molecule has 0 saturated carbocycles. The largest absolute Gasteiger partial charge is 0.421 e. The van der Waals surface area contributed by atoms with Crippen molar-refractivity contribution < 1.29 is 18.7 Å². The van der Waals surface area contributed by atoms with Gasteiger partial charge in [0.15, 0.2) is 5.75 Å². The van der Waals surface area contributed by atoms with Crippen molar-refractivity contribution in [2.45, 2.75) is 0 Å². The molecule has 4 aromatic carbocycles. The first kappa shape index (κ1) is 28.0. The fourth-order valence-electron chi connectivity index (χ4n) is 4.02. The van der Waals surface area contributed by atoms with Gasteiger partial charge in [-0.05, 0) is 76.6 Å². The lowest BCUT2D eigenvalue weighted by molar-refractivity contribution is 0.0733. The molecule has 1 aromatic heterocycles. The van der Waals surface area contributed by atoms with Crippen LogP contribution in [0.4, 0.5) is 4.39 Å². The Hall–Kier alpha value is -3.50. The van der Waals surface area contributed by atoms with E-state index < -0.39 is 17.7 Å². The van der Waals surface area contributed by atoms with Crippen molar-refractivity contribution in [3.63, 3.8) is 0 Å². The topological polar surface area (TPSA) is 83.5 Å². The Morgan fingerprint density at radius 2 is 1.73 bits per heavy atom. The van der Waals surface area contributed by atoms with E-state index in [1.807, 2.05) is 0 Å². The van der Waals surface area contributed by atoms with Crippen LogP contribution < -0.4 is 10.2 Å². The van der Waals surface area contributed by atoms with Crippen LogP contribution in [0.15, 0.2) is 92.9 Å². The lowest BCUT2D eigenvalue weighted by Crippen LogP contribution is -2.19. The zero-order valence-corrected chi connectivity index (χ0v) is 24.8. The molecule has 0 aliphatic carbocycles. The van der Waals surface area contributed by atoms with Crippen LogP contribution in [0, 0.1) is 5.82 Å². The number of benzene rings is 4. The van der Waals surface area contributed by atoms with Crippen LogP contribution in [-0.4, -0.2) is 23.1 Å². The highest BCUT2D eigenvalue weighted by Gasteiger charge is 2.21. The molecule has 0 atom stereocenters. The van der Waals surface area contributed by atoms with E-state index >= 15 is 0 Å². The third-order valence-corrected chi connectivity index (χ3v) is 7.44. The zero-order valence-electron chi connectivity index (χ0n) is 20.1. The summed E-state index contributed by atoms with van der Waals surface area (Å²) in [5.74, 6) is -1.45. The summed E-state index contributed by atoms with van der Waals surface area (Å²) in [5, 5.41) is 5.48. The second-order valence-corrected chi connectivity index (χ2v) is 11.1. The summed E-state index contributed by atoms with van der Waals surface area (Å²) in [6.45, 7) is 0. The minimum Gasteiger partial charge on any atom is -0.421 e. The summed E-state index contributed by atoms with van der Waals surface area (Å²) in [7, 11) is 0. The number of carbonyl (C=O) groups is 2. The maximum atomic E-state index is 14.1.